The number of carbonyl (C=O) groups excluding carboxylic acids is 1. The number of rotatable bonds is 4. The molecule has 19 heavy (non-hydrogen) atoms. The zero-order chi connectivity index (χ0) is 13.7. The summed E-state index contributed by atoms with van der Waals surface area (Å²) < 4.78 is 5.77. The Morgan fingerprint density at radius 1 is 1.21 bits per heavy atom. The first kappa shape index (κ1) is 13.5. The van der Waals surface area contributed by atoms with E-state index < -0.39 is 4.92 Å². The first-order chi connectivity index (χ1) is 9.20. The third-order valence-corrected chi connectivity index (χ3v) is 3.41. The van der Waals surface area contributed by atoms with Crippen molar-refractivity contribution in [3.8, 4) is 5.75 Å². The lowest BCUT2D eigenvalue weighted by molar-refractivity contribution is -0.386. The number of hydrogen-bond donors (Lipinski definition) is 0. The summed E-state index contributed by atoms with van der Waals surface area (Å²) in [6.07, 6.45) is 7.12. The fraction of sp³-hybridized carbons (Fsp3) is 0.500. The summed E-state index contributed by atoms with van der Waals surface area (Å²) in [5.41, 5.74) is 0.161. The summed E-state index contributed by atoms with van der Waals surface area (Å²) in [5.74, 6) is 0.266. The molecule has 0 atom stereocenters. The van der Waals surface area contributed by atoms with E-state index in [-0.39, 0.29) is 17.5 Å². The van der Waals surface area contributed by atoms with Crippen LogP contribution in [0, 0.1) is 10.1 Å². The predicted molar refractivity (Wildman–Crippen MR) is 70.6 cm³/mol. The molecule has 5 nitrogen and oxygen atoms in total. The first-order valence-corrected chi connectivity index (χ1v) is 6.61. The standard InChI is InChI=1S/C14H17NO4/c16-10-11-7-8-14(13(9-11)15(17)18)19-12-5-3-1-2-4-6-12/h7-10,12H,1-6H2. The van der Waals surface area contributed by atoms with E-state index in [1.807, 2.05) is 0 Å². The molecule has 0 aliphatic heterocycles. The van der Waals surface area contributed by atoms with E-state index in [0.717, 1.165) is 25.7 Å². The van der Waals surface area contributed by atoms with Gasteiger partial charge in [-0.25, -0.2) is 0 Å². The summed E-state index contributed by atoms with van der Waals surface area (Å²) in [5, 5.41) is 11.0. The summed E-state index contributed by atoms with van der Waals surface area (Å²) in [6, 6.07) is 4.33. The van der Waals surface area contributed by atoms with Crippen LogP contribution in [0.2, 0.25) is 0 Å². The van der Waals surface area contributed by atoms with E-state index in [1.165, 1.54) is 25.0 Å². The van der Waals surface area contributed by atoms with E-state index in [0.29, 0.717) is 11.8 Å². The average Bonchev–Trinajstić information content (AvgIpc) is 2.67. The van der Waals surface area contributed by atoms with Gasteiger partial charge in [-0.1, -0.05) is 12.8 Å². The Hall–Kier alpha value is -1.91. The van der Waals surface area contributed by atoms with Crippen LogP contribution < -0.4 is 4.74 Å². The third-order valence-electron chi connectivity index (χ3n) is 3.41. The van der Waals surface area contributed by atoms with Crippen molar-refractivity contribution in [1.82, 2.24) is 0 Å². The molecule has 0 spiro atoms. The van der Waals surface area contributed by atoms with Crippen LogP contribution in [-0.2, 0) is 0 Å². The SMILES string of the molecule is O=Cc1ccc(OC2CCCCCC2)c([N+](=O)[O-])c1. The van der Waals surface area contributed by atoms with Crippen molar-refractivity contribution in [2.75, 3.05) is 0 Å². The van der Waals surface area contributed by atoms with Gasteiger partial charge in [0.2, 0.25) is 0 Å². The van der Waals surface area contributed by atoms with Gasteiger partial charge in [0.15, 0.2) is 5.75 Å². The maximum atomic E-state index is 11.0. The van der Waals surface area contributed by atoms with Gasteiger partial charge in [-0.2, -0.15) is 0 Å². The highest BCUT2D eigenvalue weighted by Crippen LogP contribution is 2.31. The second-order valence-electron chi connectivity index (χ2n) is 4.83. The number of aldehydes is 1. The quantitative estimate of drug-likeness (QED) is 0.361. The maximum absolute atomic E-state index is 11.0. The molecule has 0 radical (unpaired) electrons. The van der Waals surface area contributed by atoms with Crippen molar-refractivity contribution in [2.24, 2.45) is 0 Å². The summed E-state index contributed by atoms with van der Waals surface area (Å²) >= 11 is 0. The van der Waals surface area contributed by atoms with Gasteiger partial charge in [0, 0.05) is 11.6 Å². The minimum atomic E-state index is -0.501. The topological polar surface area (TPSA) is 69.4 Å². The van der Waals surface area contributed by atoms with E-state index in [2.05, 4.69) is 0 Å². The van der Waals surface area contributed by atoms with Crippen molar-refractivity contribution in [3.63, 3.8) is 0 Å². The Bertz CT molecular complexity index is 465. The van der Waals surface area contributed by atoms with Crippen LogP contribution in [-0.4, -0.2) is 17.3 Å². The molecule has 0 N–H and O–H groups in total. The highest BCUT2D eigenvalue weighted by molar-refractivity contribution is 5.77. The average molecular weight is 263 g/mol. The van der Waals surface area contributed by atoms with E-state index >= 15 is 0 Å². The molecule has 0 heterocycles. The van der Waals surface area contributed by atoms with Gasteiger partial charge in [0.05, 0.1) is 11.0 Å². The zero-order valence-corrected chi connectivity index (χ0v) is 10.7. The summed E-state index contributed by atoms with van der Waals surface area (Å²) in [7, 11) is 0. The van der Waals surface area contributed by atoms with Gasteiger partial charge in [-0.3, -0.25) is 14.9 Å². The minimum absolute atomic E-state index is 0.0447. The molecule has 5 heteroatoms. The van der Waals surface area contributed by atoms with Crippen molar-refractivity contribution in [1.29, 1.82) is 0 Å². The smallest absolute Gasteiger partial charge is 0.311 e. The molecular formula is C14H17NO4. The van der Waals surface area contributed by atoms with Gasteiger partial charge in [0.25, 0.3) is 0 Å². The Balaban J connectivity index is 2.18. The van der Waals surface area contributed by atoms with E-state index in [9.17, 15) is 14.9 Å². The van der Waals surface area contributed by atoms with E-state index in [1.54, 1.807) is 6.07 Å². The molecule has 1 fully saturated rings. The van der Waals surface area contributed by atoms with Crippen LogP contribution >= 0.6 is 0 Å². The lowest BCUT2D eigenvalue weighted by Crippen LogP contribution is -2.15. The Morgan fingerprint density at radius 3 is 2.47 bits per heavy atom. The minimum Gasteiger partial charge on any atom is -0.484 e. The number of benzene rings is 1. The fourth-order valence-corrected chi connectivity index (χ4v) is 2.39. The lowest BCUT2D eigenvalue weighted by Gasteiger charge is -2.16. The van der Waals surface area contributed by atoms with Crippen LogP contribution in [0.25, 0.3) is 0 Å². The van der Waals surface area contributed by atoms with Gasteiger partial charge in [0.1, 0.15) is 6.29 Å². The molecule has 0 bridgehead atoms. The molecule has 0 amide bonds. The van der Waals surface area contributed by atoms with Crippen LogP contribution in [0.5, 0.6) is 5.75 Å². The lowest BCUT2D eigenvalue weighted by atomic mass is 10.1. The predicted octanol–water partition coefficient (Wildman–Crippen LogP) is 3.51. The maximum Gasteiger partial charge on any atom is 0.311 e. The highest BCUT2D eigenvalue weighted by atomic mass is 16.6. The largest absolute Gasteiger partial charge is 0.484 e. The molecule has 2 rings (SSSR count). The molecule has 1 aliphatic rings. The second-order valence-corrected chi connectivity index (χ2v) is 4.83. The fourth-order valence-electron chi connectivity index (χ4n) is 2.39. The van der Waals surface area contributed by atoms with Crippen molar-refractivity contribution >= 4 is 12.0 Å². The van der Waals surface area contributed by atoms with Crippen LogP contribution in [0.4, 0.5) is 5.69 Å². The first-order valence-electron chi connectivity index (χ1n) is 6.61. The second kappa shape index (κ2) is 6.31. The highest BCUT2D eigenvalue weighted by Gasteiger charge is 2.20. The Labute approximate surface area is 111 Å². The molecule has 0 unspecified atom stereocenters. The number of hydrogen-bond acceptors (Lipinski definition) is 4. The van der Waals surface area contributed by atoms with Crippen LogP contribution in [0.3, 0.4) is 0 Å². The van der Waals surface area contributed by atoms with Crippen LogP contribution in [0.15, 0.2) is 18.2 Å². The van der Waals surface area contributed by atoms with Crippen molar-refractivity contribution in [2.45, 2.75) is 44.6 Å². The molecule has 0 aromatic heterocycles. The molecule has 1 aromatic rings. The van der Waals surface area contributed by atoms with Gasteiger partial charge >= 0.3 is 5.69 Å². The normalized spacial score (nSPS) is 16.6. The third kappa shape index (κ3) is 3.53. The van der Waals surface area contributed by atoms with Crippen LogP contribution in [0.1, 0.15) is 48.9 Å². The van der Waals surface area contributed by atoms with Gasteiger partial charge in [-0.05, 0) is 37.8 Å². The zero-order valence-electron chi connectivity index (χ0n) is 10.7. The number of ether oxygens (including phenoxy) is 1. The molecule has 1 aliphatic carbocycles. The molecule has 1 saturated carbocycles. The van der Waals surface area contributed by atoms with Gasteiger partial charge in [-0.15, -0.1) is 0 Å². The molecule has 1 aromatic carbocycles. The Kier molecular flexibility index (Phi) is 4.49. The number of nitro groups is 1. The number of carbonyl (C=O) groups is 1. The van der Waals surface area contributed by atoms with Gasteiger partial charge < -0.3 is 4.74 Å². The summed E-state index contributed by atoms with van der Waals surface area (Å²) in [6.45, 7) is 0. The molecular weight excluding hydrogens is 246 g/mol. The van der Waals surface area contributed by atoms with Crippen molar-refractivity contribution < 1.29 is 14.5 Å². The monoisotopic (exact) mass is 263 g/mol. The molecule has 102 valence electrons. The van der Waals surface area contributed by atoms with Crippen molar-refractivity contribution in [3.05, 3.63) is 33.9 Å². The number of nitro benzene ring substituents is 1. The van der Waals surface area contributed by atoms with E-state index in [4.69, 9.17) is 4.74 Å². The number of nitrogens with zero attached hydrogens (tertiary/aromatic N) is 1. The Morgan fingerprint density at radius 2 is 1.89 bits per heavy atom. The summed E-state index contributed by atoms with van der Waals surface area (Å²) in [4.78, 5) is 21.2. The molecule has 0 saturated heterocycles.